The normalized spacial score (nSPS) is 34.8. The fraction of sp³-hybridized carbons (Fsp3) is 0.846. The Morgan fingerprint density at radius 1 is 1.21 bits per heavy atom. The second-order valence-corrected chi connectivity index (χ2v) is 5.68. The van der Waals surface area contributed by atoms with Crippen molar-refractivity contribution < 1.29 is 19.4 Å². The number of hydrogen-bond donors (Lipinski definition) is 3. The minimum absolute atomic E-state index is 0.167. The quantitative estimate of drug-likeness (QED) is 0.713. The summed E-state index contributed by atoms with van der Waals surface area (Å²) >= 11 is 0. The average Bonchev–Trinajstić information content (AvgIpc) is 2.76. The zero-order valence-corrected chi connectivity index (χ0v) is 11.2. The van der Waals surface area contributed by atoms with Crippen LogP contribution in [-0.2, 0) is 9.53 Å². The molecule has 2 fully saturated rings. The summed E-state index contributed by atoms with van der Waals surface area (Å²) < 4.78 is 5.12. The summed E-state index contributed by atoms with van der Waals surface area (Å²) in [5, 5.41) is 14.7. The zero-order valence-electron chi connectivity index (χ0n) is 11.2. The van der Waals surface area contributed by atoms with Crippen LogP contribution in [0.5, 0.6) is 0 Å². The largest absolute Gasteiger partial charge is 0.481 e. The average molecular weight is 270 g/mol. The molecule has 108 valence electrons. The number of carboxylic acid groups (broad SMARTS) is 1. The van der Waals surface area contributed by atoms with Crippen molar-refractivity contribution in [2.24, 2.45) is 11.8 Å². The summed E-state index contributed by atoms with van der Waals surface area (Å²) in [4.78, 5) is 22.8. The van der Waals surface area contributed by atoms with Crippen LogP contribution in [0.4, 0.5) is 4.79 Å². The van der Waals surface area contributed by atoms with Gasteiger partial charge in [-0.1, -0.05) is 19.8 Å². The second kappa shape index (κ2) is 6.23. The molecule has 0 bridgehead atoms. The van der Waals surface area contributed by atoms with Crippen LogP contribution < -0.4 is 10.6 Å². The van der Waals surface area contributed by atoms with Gasteiger partial charge in [-0.3, -0.25) is 4.79 Å². The van der Waals surface area contributed by atoms with Gasteiger partial charge in [-0.2, -0.15) is 0 Å². The summed E-state index contributed by atoms with van der Waals surface area (Å²) in [5.41, 5.74) is 0. The van der Waals surface area contributed by atoms with E-state index in [1.165, 1.54) is 6.42 Å². The Morgan fingerprint density at radius 3 is 2.68 bits per heavy atom. The maximum atomic E-state index is 11.9. The van der Waals surface area contributed by atoms with E-state index in [1.807, 2.05) is 0 Å². The third-order valence-electron chi connectivity index (χ3n) is 3.99. The maximum Gasteiger partial charge on any atom is 0.315 e. The smallest absolute Gasteiger partial charge is 0.315 e. The molecule has 0 aromatic carbocycles. The molecule has 1 aliphatic carbocycles. The van der Waals surface area contributed by atoms with Crippen molar-refractivity contribution >= 4 is 12.0 Å². The van der Waals surface area contributed by atoms with Gasteiger partial charge in [0, 0.05) is 6.04 Å². The molecule has 0 radical (unpaired) electrons. The lowest BCUT2D eigenvalue weighted by molar-refractivity contribution is -0.142. The highest BCUT2D eigenvalue weighted by Crippen LogP contribution is 2.23. The molecule has 2 amide bonds. The highest BCUT2D eigenvalue weighted by molar-refractivity contribution is 5.77. The highest BCUT2D eigenvalue weighted by Gasteiger charge is 2.35. The number of nitrogens with one attached hydrogen (secondary N) is 2. The molecule has 19 heavy (non-hydrogen) atoms. The Bertz CT molecular complexity index is 348. The van der Waals surface area contributed by atoms with E-state index in [9.17, 15) is 9.59 Å². The van der Waals surface area contributed by atoms with Crippen molar-refractivity contribution in [3.8, 4) is 0 Å². The molecule has 6 heteroatoms. The molecule has 0 aromatic rings. The molecule has 1 heterocycles. The predicted octanol–water partition coefficient (Wildman–Crippen LogP) is 0.964. The first-order chi connectivity index (χ1) is 9.06. The molecule has 4 unspecified atom stereocenters. The molecule has 6 nitrogen and oxygen atoms in total. The van der Waals surface area contributed by atoms with E-state index in [2.05, 4.69) is 17.6 Å². The van der Waals surface area contributed by atoms with Crippen LogP contribution in [-0.4, -0.2) is 42.4 Å². The molecule has 1 aliphatic heterocycles. The molecular formula is C13H22N2O4. The number of carbonyl (C=O) groups excluding carboxylic acids is 1. The van der Waals surface area contributed by atoms with Crippen molar-refractivity contribution in [3.05, 3.63) is 0 Å². The molecule has 2 aliphatic rings. The molecule has 0 spiro atoms. The van der Waals surface area contributed by atoms with Crippen molar-refractivity contribution in [1.82, 2.24) is 10.6 Å². The zero-order chi connectivity index (χ0) is 13.8. The van der Waals surface area contributed by atoms with E-state index in [-0.39, 0.29) is 25.3 Å². The molecular weight excluding hydrogens is 248 g/mol. The van der Waals surface area contributed by atoms with E-state index in [1.54, 1.807) is 0 Å². The number of urea groups is 1. The lowest BCUT2D eigenvalue weighted by Crippen LogP contribution is -2.50. The van der Waals surface area contributed by atoms with Gasteiger partial charge in [-0.15, -0.1) is 0 Å². The van der Waals surface area contributed by atoms with Gasteiger partial charge >= 0.3 is 12.0 Å². The molecule has 2 rings (SSSR count). The minimum atomic E-state index is -0.922. The molecule has 4 atom stereocenters. The highest BCUT2D eigenvalue weighted by atomic mass is 16.5. The van der Waals surface area contributed by atoms with Crippen LogP contribution in [0, 0.1) is 11.8 Å². The maximum absolute atomic E-state index is 11.9. The van der Waals surface area contributed by atoms with Gasteiger partial charge in [-0.25, -0.2) is 4.79 Å². The van der Waals surface area contributed by atoms with Gasteiger partial charge < -0.3 is 20.5 Å². The van der Waals surface area contributed by atoms with Crippen molar-refractivity contribution in [2.45, 2.75) is 44.7 Å². The number of carboxylic acids is 1. The van der Waals surface area contributed by atoms with Gasteiger partial charge in [0.15, 0.2) is 0 Å². The topological polar surface area (TPSA) is 87.7 Å². The number of aliphatic carboxylic acids is 1. The summed E-state index contributed by atoms with van der Waals surface area (Å²) in [7, 11) is 0. The van der Waals surface area contributed by atoms with Crippen LogP contribution in [0.3, 0.4) is 0 Å². The third kappa shape index (κ3) is 3.83. The lowest BCUT2D eigenvalue weighted by atomic mass is 9.87. The Labute approximate surface area is 112 Å². The Balaban J connectivity index is 1.79. The number of rotatable bonds is 3. The van der Waals surface area contributed by atoms with E-state index >= 15 is 0 Å². The fourth-order valence-corrected chi connectivity index (χ4v) is 2.90. The van der Waals surface area contributed by atoms with Gasteiger partial charge in [0.1, 0.15) is 5.92 Å². The van der Waals surface area contributed by atoms with E-state index in [0.717, 1.165) is 19.3 Å². The van der Waals surface area contributed by atoms with Crippen LogP contribution in [0.1, 0.15) is 32.6 Å². The number of ether oxygens (including phenoxy) is 1. The molecule has 3 N–H and O–H groups in total. The molecule has 0 aromatic heterocycles. The lowest BCUT2D eigenvalue weighted by Gasteiger charge is -2.28. The summed E-state index contributed by atoms with van der Waals surface area (Å²) in [6.07, 6.45) is 4.35. The van der Waals surface area contributed by atoms with Crippen LogP contribution in [0.2, 0.25) is 0 Å². The van der Waals surface area contributed by atoms with Crippen molar-refractivity contribution in [3.63, 3.8) is 0 Å². The van der Waals surface area contributed by atoms with Crippen LogP contribution in [0.15, 0.2) is 0 Å². The SMILES string of the molecule is CC1CCCC(NC(=O)NC2COCC2C(=O)O)C1. The van der Waals surface area contributed by atoms with Gasteiger partial charge in [0.05, 0.1) is 19.3 Å². The standard InChI is InChI=1S/C13H22N2O4/c1-8-3-2-4-9(5-8)14-13(18)15-11-7-19-6-10(11)12(16)17/h8-11H,2-7H2,1H3,(H,16,17)(H2,14,15,18). The Hall–Kier alpha value is -1.30. The summed E-state index contributed by atoms with van der Waals surface area (Å²) in [5.74, 6) is -0.925. The Kier molecular flexibility index (Phi) is 4.63. The van der Waals surface area contributed by atoms with Crippen LogP contribution >= 0.6 is 0 Å². The first-order valence-corrected chi connectivity index (χ1v) is 6.94. The number of amides is 2. The van der Waals surface area contributed by atoms with Crippen molar-refractivity contribution in [2.75, 3.05) is 13.2 Å². The first kappa shape index (κ1) is 14.1. The summed E-state index contributed by atoms with van der Waals surface area (Å²) in [6, 6.07) is -0.506. The van der Waals surface area contributed by atoms with E-state index in [0.29, 0.717) is 5.92 Å². The fourth-order valence-electron chi connectivity index (χ4n) is 2.90. The number of hydrogen-bond acceptors (Lipinski definition) is 3. The molecule has 1 saturated carbocycles. The van der Waals surface area contributed by atoms with Gasteiger partial charge in [-0.05, 0) is 18.8 Å². The van der Waals surface area contributed by atoms with Gasteiger partial charge in [0.2, 0.25) is 0 Å². The van der Waals surface area contributed by atoms with E-state index in [4.69, 9.17) is 9.84 Å². The number of carbonyl (C=O) groups is 2. The molecule has 1 saturated heterocycles. The summed E-state index contributed by atoms with van der Waals surface area (Å²) in [6.45, 7) is 2.63. The predicted molar refractivity (Wildman–Crippen MR) is 68.8 cm³/mol. The second-order valence-electron chi connectivity index (χ2n) is 5.68. The minimum Gasteiger partial charge on any atom is -0.481 e. The van der Waals surface area contributed by atoms with Crippen molar-refractivity contribution in [1.29, 1.82) is 0 Å². The Morgan fingerprint density at radius 2 is 2.00 bits per heavy atom. The van der Waals surface area contributed by atoms with E-state index < -0.39 is 17.9 Å². The first-order valence-electron chi connectivity index (χ1n) is 6.94. The van der Waals surface area contributed by atoms with Crippen LogP contribution in [0.25, 0.3) is 0 Å². The monoisotopic (exact) mass is 270 g/mol. The third-order valence-corrected chi connectivity index (χ3v) is 3.99. The van der Waals surface area contributed by atoms with Gasteiger partial charge in [0.25, 0.3) is 0 Å².